The van der Waals surface area contributed by atoms with Crippen LogP contribution in [0.2, 0.25) is 0 Å². The molecule has 0 spiro atoms. The number of ether oxygens (including phenoxy) is 3. The van der Waals surface area contributed by atoms with Crippen molar-refractivity contribution in [3.8, 4) is 0 Å². The van der Waals surface area contributed by atoms with Gasteiger partial charge in [-0.2, -0.15) is 0 Å². The second-order valence-electron chi connectivity index (χ2n) is 15.9. The summed E-state index contributed by atoms with van der Waals surface area (Å²) in [7, 11) is 1.28. The predicted octanol–water partition coefficient (Wildman–Crippen LogP) is 4.64. The quantitative estimate of drug-likeness (QED) is 0.215. The maximum absolute atomic E-state index is 14.5. The predicted molar refractivity (Wildman–Crippen MR) is 200 cm³/mol. The number of halogens is 1. The molecular weight excluding hydrogens is 725 g/mol. The van der Waals surface area contributed by atoms with Crippen molar-refractivity contribution in [2.75, 3.05) is 13.7 Å². The number of nitrogens with one attached hydrogen (secondary N) is 3. The number of fused-ring (bicyclic) bond motifs is 3. The fourth-order valence-electron chi connectivity index (χ4n) is 7.61. The fraction of sp³-hybridized carbons (Fsp3) is 0.512. The highest BCUT2D eigenvalue weighted by Crippen LogP contribution is 2.45. The lowest BCUT2D eigenvalue weighted by molar-refractivity contribution is -0.141. The Morgan fingerprint density at radius 2 is 1.82 bits per heavy atom. The maximum atomic E-state index is 14.5. The Kier molecular flexibility index (Phi) is 12.0. The van der Waals surface area contributed by atoms with E-state index in [1.54, 1.807) is 57.2 Å². The number of carbonyl (C=O) groups is 6. The Bertz CT molecular complexity index is 1900. The molecule has 0 bridgehead atoms. The first-order chi connectivity index (χ1) is 26.7. The second kappa shape index (κ2) is 16.7. The molecule has 2 aromatic carbocycles. The first kappa shape index (κ1) is 40.2. The first-order valence-electron chi connectivity index (χ1n) is 19.1. The number of benzene rings is 2. The van der Waals surface area contributed by atoms with Crippen LogP contribution in [0.4, 0.5) is 14.0 Å². The van der Waals surface area contributed by atoms with Gasteiger partial charge in [0.2, 0.25) is 17.7 Å². The molecule has 56 heavy (non-hydrogen) atoms. The number of carbonyl (C=O) groups excluding carboxylic acids is 6. The number of methoxy groups -OCH3 is 1. The van der Waals surface area contributed by atoms with Crippen LogP contribution in [0, 0.1) is 11.7 Å². The second-order valence-corrected chi connectivity index (χ2v) is 15.9. The number of hydrogen-bond acceptors (Lipinski definition) is 9. The molecule has 300 valence electrons. The third kappa shape index (κ3) is 9.31. The van der Waals surface area contributed by atoms with Crippen LogP contribution in [0.5, 0.6) is 0 Å². The molecule has 14 nitrogen and oxygen atoms in total. The van der Waals surface area contributed by atoms with Crippen LogP contribution in [0.1, 0.15) is 92.8 Å². The third-order valence-electron chi connectivity index (χ3n) is 10.6. The van der Waals surface area contributed by atoms with E-state index in [1.807, 2.05) is 12.2 Å². The molecule has 1 saturated carbocycles. The van der Waals surface area contributed by atoms with Gasteiger partial charge in [-0.15, -0.1) is 0 Å². The molecule has 0 unspecified atom stereocenters. The van der Waals surface area contributed by atoms with E-state index in [0.717, 1.165) is 19.3 Å². The van der Waals surface area contributed by atoms with E-state index in [-0.39, 0.29) is 44.9 Å². The molecule has 2 fully saturated rings. The van der Waals surface area contributed by atoms with Gasteiger partial charge in [-0.05, 0) is 75.8 Å². The van der Waals surface area contributed by atoms with Crippen molar-refractivity contribution in [2.24, 2.45) is 5.92 Å². The van der Waals surface area contributed by atoms with Crippen molar-refractivity contribution in [1.29, 1.82) is 0 Å². The minimum Gasteiger partial charge on any atom is -0.465 e. The summed E-state index contributed by atoms with van der Waals surface area (Å²) in [6.45, 7) is 5.22. The fourth-order valence-corrected chi connectivity index (χ4v) is 7.61. The number of hydrogen-bond donors (Lipinski definition) is 3. The molecule has 0 radical (unpaired) electrons. The van der Waals surface area contributed by atoms with Crippen LogP contribution in [0.3, 0.4) is 0 Å². The molecule has 5 atom stereocenters. The molecule has 6 rings (SSSR count). The summed E-state index contributed by atoms with van der Waals surface area (Å²) < 4.78 is 30.6. The monoisotopic (exact) mass is 775 g/mol. The molecule has 5 amide bonds. The van der Waals surface area contributed by atoms with E-state index < -0.39 is 71.0 Å². The normalized spacial score (nSPS) is 25.0. The Labute approximate surface area is 325 Å². The highest BCUT2D eigenvalue weighted by molar-refractivity contribution is 5.98. The van der Waals surface area contributed by atoms with Gasteiger partial charge in [-0.3, -0.25) is 19.3 Å². The Morgan fingerprint density at radius 1 is 1.04 bits per heavy atom. The first-order valence-corrected chi connectivity index (χ1v) is 19.1. The Morgan fingerprint density at radius 3 is 2.57 bits per heavy atom. The van der Waals surface area contributed by atoms with Crippen LogP contribution in [-0.2, 0) is 48.2 Å². The molecule has 4 aliphatic rings. The average Bonchev–Trinajstić information content (AvgIpc) is 3.44. The zero-order valence-corrected chi connectivity index (χ0v) is 32.2. The van der Waals surface area contributed by atoms with Crippen molar-refractivity contribution in [3.63, 3.8) is 0 Å². The molecule has 1 aliphatic carbocycles. The lowest BCUT2D eigenvalue weighted by Crippen LogP contribution is -2.57. The highest BCUT2D eigenvalue weighted by Gasteiger charge is 2.61. The third-order valence-corrected chi connectivity index (χ3v) is 10.6. The van der Waals surface area contributed by atoms with E-state index in [2.05, 4.69) is 16.0 Å². The van der Waals surface area contributed by atoms with Gasteiger partial charge in [0.25, 0.3) is 0 Å². The topological polar surface area (TPSA) is 173 Å². The molecular formula is C41H50FN5O9. The SMILES string of the molecule is COC(=O)c1cccc(CNC(=O)[C@@]23C[C@H]2C=CCCCCC[C@H](NC(=O)OC(C)(C)C)C(=O)N2C[C@H](OC(=O)N4Cc5cccc(F)c5C4)C[C@H]2C(=O)N3)c1. The molecule has 3 aliphatic heterocycles. The molecule has 2 aromatic rings. The molecule has 1 saturated heterocycles. The van der Waals surface area contributed by atoms with Gasteiger partial charge in [0, 0.05) is 31.0 Å². The van der Waals surface area contributed by atoms with Crippen molar-refractivity contribution in [1.82, 2.24) is 25.8 Å². The van der Waals surface area contributed by atoms with Crippen molar-refractivity contribution < 1.29 is 47.4 Å². The zero-order valence-electron chi connectivity index (χ0n) is 32.2. The number of nitrogens with zero attached hydrogens (tertiary/aromatic N) is 2. The van der Waals surface area contributed by atoms with Crippen molar-refractivity contribution in [2.45, 2.75) is 115 Å². The summed E-state index contributed by atoms with van der Waals surface area (Å²) in [5, 5.41) is 8.58. The molecule has 15 heteroatoms. The molecule has 3 N–H and O–H groups in total. The van der Waals surface area contributed by atoms with Gasteiger partial charge < -0.3 is 35.1 Å². The Hall–Kier alpha value is -5.47. The molecule has 0 aromatic heterocycles. The molecule has 3 heterocycles. The number of alkyl carbamates (subject to hydrolysis) is 1. The van der Waals surface area contributed by atoms with E-state index in [0.29, 0.717) is 35.1 Å². The van der Waals surface area contributed by atoms with Gasteiger partial charge in [-0.25, -0.2) is 18.8 Å². The average molecular weight is 776 g/mol. The number of allylic oxidation sites excluding steroid dienone is 1. The summed E-state index contributed by atoms with van der Waals surface area (Å²) in [5.41, 5.74) is -0.0996. The van der Waals surface area contributed by atoms with E-state index in [9.17, 15) is 33.2 Å². The standard InChI is InChI=1S/C41H50FN5O9/c1-40(2,3)56-38(52)44-32-17-9-7-5-6-8-15-28-20-41(28,37(51)43-21-25-12-10-13-26(18-25)36(50)54-4)45-34(48)33-19-29(23-47(33)35(32)49)55-39(53)46-22-27-14-11-16-31(42)30(27)24-46/h8,10-16,18,28-29,32-33H,5-7,9,17,19-24H2,1-4H3,(H,43,51)(H,44,52)(H,45,48)/t28-,29-,32+,33+,41-/m1/s1. The minimum atomic E-state index is -1.32. The summed E-state index contributed by atoms with van der Waals surface area (Å²) >= 11 is 0. The summed E-state index contributed by atoms with van der Waals surface area (Å²) in [6.07, 6.45) is 4.90. The maximum Gasteiger partial charge on any atom is 0.410 e. The minimum absolute atomic E-state index is 0.0154. The van der Waals surface area contributed by atoms with Crippen molar-refractivity contribution >= 4 is 35.9 Å². The summed E-state index contributed by atoms with van der Waals surface area (Å²) in [5.74, 6) is -2.85. The lowest BCUT2D eigenvalue weighted by Gasteiger charge is -2.30. The van der Waals surface area contributed by atoms with E-state index in [1.165, 1.54) is 23.0 Å². The van der Waals surface area contributed by atoms with Crippen LogP contribution >= 0.6 is 0 Å². The zero-order chi connectivity index (χ0) is 40.2. The van der Waals surface area contributed by atoms with Crippen LogP contribution < -0.4 is 16.0 Å². The van der Waals surface area contributed by atoms with Crippen molar-refractivity contribution in [3.05, 3.63) is 82.7 Å². The number of rotatable bonds is 6. The smallest absolute Gasteiger partial charge is 0.410 e. The highest BCUT2D eigenvalue weighted by atomic mass is 19.1. The largest absolute Gasteiger partial charge is 0.465 e. The van der Waals surface area contributed by atoms with E-state index in [4.69, 9.17) is 14.2 Å². The number of esters is 1. The van der Waals surface area contributed by atoms with E-state index >= 15 is 0 Å². The number of amides is 5. The Balaban J connectivity index is 1.23. The van der Waals surface area contributed by atoms with Crippen LogP contribution in [0.15, 0.2) is 54.6 Å². The van der Waals surface area contributed by atoms with Gasteiger partial charge >= 0.3 is 18.2 Å². The van der Waals surface area contributed by atoms with Crippen LogP contribution in [-0.4, -0.2) is 88.7 Å². The summed E-state index contributed by atoms with van der Waals surface area (Å²) in [6, 6.07) is 9.11. The van der Waals surface area contributed by atoms with Gasteiger partial charge in [0.05, 0.1) is 25.8 Å². The lowest BCUT2D eigenvalue weighted by atomic mass is 10.0. The van der Waals surface area contributed by atoms with Gasteiger partial charge in [0.15, 0.2) is 0 Å². The van der Waals surface area contributed by atoms with Gasteiger partial charge in [0.1, 0.15) is 35.1 Å². The van der Waals surface area contributed by atoms with Gasteiger partial charge in [-0.1, -0.05) is 49.3 Å². The van der Waals surface area contributed by atoms with Crippen LogP contribution in [0.25, 0.3) is 0 Å². The summed E-state index contributed by atoms with van der Waals surface area (Å²) in [4.78, 5) is 83.9.